The first-order valence-electron chi connectivity index (χ1n) is 4.68. The van der Waals surface area contributed by atoms with Crippen LogP contribution in [0.25, 0.3) is 0 Å². The molecule has 0 radical (unpaired) electrons. The minimum Gasteiger partial charge on any atom is -0.396 e. The van der Waals surface area contributed by atoms with Crippen LogP contribution in [0.2, 0.25) is 0 Å². The maximum absolute atomic E-state index is 8.63. The van der Waals surface area contributed by atoms with Crippen molar-refractivity contribution in [1.29, 1.82) is 0 Å². The molecular weight excluding hydrogens is 196 g/mol. The van der Waals surface area contributed by atoms with Crippen LogP contribution in [0.4, 0.5) is 0 Å². The average molecular weight is 212 g/mol. The number of ether oxygens (including phenoxy) is 1. The quantitative estimate of drug-likeness (QED) is 0.579. The molecule has 0 aliphatic heterocycles. The second kappa shape index (κ2) is 6.87. The van der Waals surface area contributed by atoms with Gasteiger partial charge in [0.05, 0.1) is 6.61 Å². The molecule has 14 heavy (non-hydrogen) atoms. The van der Waals surface area contributed by atoms with Crippen molar-refractivity contribution in [2.45, 2.75) is 17.9 Å². The second-order valence-electron chi connectivity index (χ2n) is 3.00. The van der Waals surface area contributed by atoms with E-state index in [9.17, 15) is 0 Å². The minimum atomic E-state index is 0.273. The van der Waals surface area contributed by atoms with E-state index in [2.05, 4.69) is 24.3 Å². The Morgan fingerprint density at radius 1 is 1.29 bits per heavy atom. The van der Waals surface area contributed by atoms with Gasteiger partial charge in [-0.3, -0.25) is 0 Å². The van der Waals surface area contributed by atoms with Crippen LogP contribution >= 0.6 is 11.8 Å². The highest BCUT2D eigenvalue weighted by molar-refractivity contribution is 7.99. The lowest BCUT2D eigenvalue weighted by atomic mass is 10.2. The molecule has 1 aromatic rings. The fourth-order valence-corrected chi connectivity index (χ4v) is 1.94. The third-order valence-corrected chi connectivity index (χ3v) is 2.90. The van der Waals surface area contributed by atoms with Crippen molar-refractivity contribution in [3.8, 4) is 0 Å². The van der Waals surface area contributed by atoms with Gasteiger partial charge in [0.25, 0.3) is 0 Å². The summed E-state index contributed by atoms with van der Waals surface area (Å²) in [5.74, 6) is 0.972. The second-order valence-corrected chi connectivity index (χ2v) is 4.17. The Kier molecular flexibility index (Phi) is 5.68. The predicted octanol–water partition coefficient (Wildman–Crippen LogP) is 2.31. The van der Waals surface area contributed by atoms with Gasteiger partial charge in [-0.05, 0) is 24.1 Å². The summed E-state index contributed by atoms with van der Waals surface area (Å²) >= 11 is 1.77. The third kappa shape index (κ3) is 4.13. The monoisotopic (exact) mass is 212 g/mol. The molecule has 0 aromatic heterocycles. The van der Waals surface area contributed by atoms with E-state index in [0.29, 0.717) is 6.61 Å². The van der Waals surface area contributed by atoms with Gasteiger partial charge in [0.1, 0.15) is 0 Å². The number of thioether (sulfide) groups is 1. The van der Waals surface area contributed by atoms with Crippen molar-refractivity contribution < 1.29 is 9.84 Å². The molecule has 0 atom stereocenters. The van der Waals surface area contributed by atoms with Crippen molar-refractivity contribution in [3.63, 3.8) is 0 Å². The molecule has 1 aromatic carbocycles. The number of hydrogen-bond acceptors (Lipinski definition) is 3. The van der Waals surface area contributed by atoms with Crippen LogP contribution < -0.4 is 0 Å². The highest BCUT2D eigenvalue weighted by Crippen LogP contribution is 2.19. The van der Waals surface area contributed by atoms with Gasteiger partial charge in [0, 0.05) is 24.4 Å². The van der Waals surface area contributed by atoms with Gasteiger partial charge >= 0.3 is 0 Å². The highest BCUT2D eigenvalue weighted by atomic mass is 32.2. The molecule has 0 unspecified atom stereocenters. The largest absolute Gasteiger partial charge is 0.396 e. The molecule has 2 nitrogen and oxygen atoms in total. The van der Waals surface area contributed by atoms with Crippen LogP contribution in [0.15, 0.2) is 29.2 Å². The summed E-state index contributed by atoms with van der Waals surface area (Å²) in [5.41, 5.74) is 1.19. The lowest BCUT2D eigenvalue weighted by Crippen LogP contribution is -1.88. The number of rotatable bonds is 6. The fraction of sp³-hybridized carbons (Fsp3) is 0.455. The molecule has 0 heterocycles. The molecule has 0 saturated heterocycles. The summed E-state index contributed by atoms with van der Waals surface area (Å²) in [6, 6.07) is 8.34. The summed E-state index contributed by atoms with van der Waals surface area (Å²) in [4.78, 5) is 1.25. The van der Waals surface area contributed by atoms with Crippen LogP contribution in [0, 0.1) is 0 Å². The van der Waals surface area contributed by atoms with Gasteiger partial charge in [0.2, 0.25) is 0 Å². The molecule has 1 rings (SSSR count). The lowest BCUT2D eigenvalue weighted by molar-refractivity contribution is 0.185. The average Bonchev–Trinajstić information content (AvgIpc) is 2.21. The summed E-state index contributed by atoms with van der Waals surface area (Å²) in [7, 11) is 1.70. The Balaban J connectivity index is 2.38. The molecule has 0 amide bonds. The van der Waals surface area contributed by atoms with E-state index in [1.807, 2.05) is 0 Å². The van der Waals surface area contributed by atoms with E-state index in [-0.39, 0.29) is 6.61 Å². The SMILES string of the molecule is COCc1ccc(SCCCO)cc1. The molecule has 0 fully saturated rings. The summed E-state index contributed by atoms with van der Waals surface area (Å²) < 4.78 is 5.03. The van der Waals surface area contributed by atoms with Crippen molar-refractivity contribution in [2.24, 2.45) is 0 Å². The van der Waals surface area contributed by atoms with E-state index < -0.39 is 0 Å². The topological polar surface area (TPSA) is 29.5 Å². The highest BCUT2D eigenvalue weighted by Gasteiger charge is 1.95. The van der Waals surface area contributed by atoms with Gasteiger partial charge in [-0.1, -0.05) is 12.1 Å². The first-order valence-corrected chi connectivity index (χ1v) is 5.67. The van der Waals surface area contributed by atoms with Gasteiger partial charge in [0.15, 0.2) is 0 Å². The Bertz CT molecular complexity index is 246. The van der Waals surface area contributed by atoms with Crippen LogP contribution in [0.3, 0.4) is 0 Å². The van der Waals surface area contributed by atoms with E-state index in [4.69, 9.17) is 9.84 Å². The van der Waals surface area contributed by atoms with E-state index in [1.54, 1.807) is 18.9 Å². The van der Waals surface area contributed by atoms with Gasteiger partial charge in [-0.25, -0.2) is 0 Å². The summed E-state index contributed by atoms with van der Waals surface area (Å²) in [6.45, 7) is 0.941. The number of hydrogen-bond donors (Lipinski definition) is 1. The van der Waals surface area contributed by atoms with Crippen molar-refractivity contribution in [1.82, 2.24) is 0 Å². The Hall–Kier alpha value is -0.510. The summed E-state index contributed by atoms with van der Waals surface area (Å²) in [6.07, 6.45) is 0.852. The normalized spacial score (nSPS) is 10.4. The minimum absolute atomic E-state index is 0.273. The fourth-order valence-electron chi connectivity index (χ4n) is 1.10. The van der Waals surface area contributed by atoms with Gasteiger partial charge in [-0.2, -0.15) is 0 Å². The molecule has 0 aliphatic rings. The van der Waals surface area contributed by atoms with E-state index in [1.165, 1.54) is 10.5 Å². The Morgan fingerprint density at radius 2 is 2.00 bits per heavy atom. The Labute approximate surface area is 89.3 Å². The van der Waals surface area contributed by atoms with Gasteiger partial charge in [-0.15, -0.1) is 11.8 Å². The molecule has 0 aliphatic carbocycles. The zero-order valence-corrected chi connectivity index (χ0v) is 9.22. The number of benzene rings is 1. The standard InChI is InChI=1S/C11H16O2S/c1-13-9-10-3-5-11(6-4-10)14-8-2-7-12/h3-6,12H,2,7-9H2,1H3. The molecular formula is C11H16O2S. The van der Waals surface area contributed by atoms with Crippen LogP contribution in [0.5, 0.6) is 0 Å². The van der Waals surface area contributed by atoms with Crippen molar-refractivity contribution in [2.75, 3.05) is 19.5 Å². The zero-order chi connectivity index (χ0) is 10.2. The number of aliphatic hydroxyl groups excluding tert-OH is 1. The molecule has 1 N–H and O–H groups in total. The predicted molar refractivity (Wildman–Crippen MR) is 59.6 cm³/mol. The van der Waals surface area contributed by atoms with Crippen LogP contribution in [0.1, 0.15) is 12.0 Å². The molecule has 78 valence electrons. The smallest absolute Gasteiger partial charge is 0.0713 e. The first kappa shape index (κ1) is 11.6. The van der Waals surface area contributed by atoms with E-state index in [0.717, 1.165) is 12.2 Å². The molecule has 3 heteroatoms. The molecule has 0 bridgehead atoms. The number of methoxy groups -OCH3 is 1. The van der Waals surface area contributed by atoms with Crippen LogP contribution in [-0.2, 0) is 11.3 Å². The molecule has 0 saturated carbocycles. The van der Waals surface area contributed by atoms with Gasteiger partial charge < -0.3 is 9.84 Å². The van der Waals surface area contributed by atoms with Crippen molar-refractivity contribution in [3.05, 3.63) is 29.8 Å². The lowest BCUT2D eigenvalue weighted by Gasteiger charge is -2.02. The Morgan fingerprint density at radius 3 is 2.57 bits per heavy atom. The van der Waals surface area contributed by atoms with E-state index >= 15 is 0 Å². The third-order valence-electron chi connectivity index (χ3n) is 1.81. The summed E-state index contributed by atoms with van der Waals surface area (Å²) in [5, 5.41) is 8.63. The maximum Gasteiger partial charge on any atom is 0.0713 e. The van der Waals surface area contributed by atoms with Crippen LogP contribution in [-0.4, -0.2) is 24.6 Å². The maximum atomic E-state index is 8.63. The first-order chi connectivity index (χ1) is 6.86. The molecule has 0 spiro atoms. The number of aliphatic hydroxyl groups is 1. The zero-order valence-electron chi connectivity index (χ0n) is 8.40. The van der Waals surface area contributed by atoms with Crippen molar-refractivity contribution >= 4 is 11.8 Å².